The molecule has 1 aromatic carbocycles. The summed E-state index contributed by atoms with van der Waals surface area (Å²) in [7, 11) is 0. The van der Waals surface area contributed by atoms with Crippen LogP contribution in [-0.4, -0.2) is 23.7 Å². The molecule has 2 rings (SSSR count). The summed E-state index contributed by atoms with van der Waals surface area (Å²) in [6, 6.07) is 4.21. The van der Waals surface area contributed by atoms with Crippen molar-refractivity contribution in [1.29, 1.82) is 0 Å². The Morgan fingerprint density at radius 2 is 2.28 bits per heavy atom. The number of aliphatic hydroxyl groups is 1. The predicted molar refractivity (Wildman–Crippen MR) is 66.8 cm³/mol. The Labute approximate surface area is 106 Å². The third kappa shape index (κ3) is 3.07. The molecular formula is C14H18FNO2. The van der Waals surface area contributed by atoms with Crippen molar-refractivity contribution in [2.45, 2.75) is 32.3 Å². The van der Waals surface area contributed by atoms with E-state index in [2.05, 4.69) is 5.32 Å². The lowest BCUT2D eigenvalue weighted by Gasteiger charge is -2.12. The molecule has 18 heavy (non-hydrogen) atoms. The van der Waals surface area contributed by atoms with Crippen LogP contribution < -0.4 is 5.32 Å². The number of amides is 1. The van der Waals surface area contributed by atoms with E-state index in [9.17, 15) is 14.3 Å². The third-order valence-electron chi connectivity index (χ3n) is 3.51. The molecule has 0 saturated heterocycles. The van der Waals surface area contributed by atoms with E-state index in [1.807, 2.05) is 0 Å². The fourth-order valence-corrected chi connectivity index (χ4v) is 2.41. The normalized spacial score (nSPS) is 23.1. The molecule has 0 bridgehead atoms. The molecule has 4 heteroatoms. The topological polar surface area (TPSA) is 49.3 Å². The van der Waals surface area contributed by atoms with Crippen molar-refractivity contribution in [1.82, 2.24) is 5.32 Å². The number of nitrogens with one attached hydrogen (secondary N) is 1. The van der Waals surface area contributed by atoms with Gasteiger partial charge in [-0.05, 0) is 49.8 Å². The Bertz CT molecular complexity index is 447. The van der Waals surface area contributed by atoms with Crippen LogP contribution >= 0.6 is 0 Å². The molecule has 2 atom stereocenters. The van der Waals surface area contributed by atoms with Crippen LogP contribution in [0.3, 0.4) is 0 Å². The predicted octanol–water partition coefficient (Wildman–Crippen LogP) is 2.02. The SMILES string of the molecule is Cc1ccc(F)cc1C(=O)NCC1CCC(O)C1. The first-order chi connectivity index (χ1) is 8.56. The zero-order chi connectivity index (χ0) is 13.1. The van der Waals surface area contributed by atoms with E-state index in [0.717, 1.165) is 24.8 Å². The largest absolute Gasteiger partial charge is 0.393 e. The minimum absolute atomic E-state index is 0.234. The van der Waals surface area contributed by atoms with Crippen LogP contribution in [0, 0.1) is 18.7 Å². The van der Waals surface area contributed by atoms with E-state index in [1.165, 1.54) is 12.1 Å². The van der Waals surface area contributed by atoms with Crippen molar-refractivity contribution < 1.29 is 14.3 Å². The lowest BCUT2D eigenvalue weighted by Crippen LogP contribution is -2.29. The second kappa shape index (κ2) is 5.48. The summed E-state index contributed by atoms with van der Waals surface area (Å²) in [5.74, 6) is -0.312. The number of carbonyl (C=O) groups is 1. The smallest absolute Gasteiger partial charge is 0.251 e. The summed E-state index contributed by atoms with van der Waals surface area (Å²) < 4.78 is 13.1. The van der Waals surface area contributed by atoms with Crippen molar-refractivity contribution >= 4 is 5.91 Å². The van der Waals surface area contributed by atoms with Crippen molar-refractivity contribution in [2.75, 3.05) is 6.54 Å². The van der Waals surface area contributed by atoms with Gasteiger partial charge in [0.15, 0.2) is 0 Å². The van der Waals surface area contributed by atoms with E-state index in [1.54, 1.807) is 13.0 Å². The molecule has 2 unspecified atom stereocenters. The van der Waals surface area contributed by atoms with Gasteiger partial charge in [-0.3, -0.25) is 4.79 Å². The molecule has 1 saturated carbocycles. The summed E-state index contributed by atoms with van der Waals surface area (Å²) in [6.45, 7) is 2.33. The highest BCUT2D eigenvalue weighted by molar-refractivity contribution is 5.95. The van der Waals surface area contributed by atoms with Crippen molar-refractivity contribution in [3.8, 4) is 0 Å². The first kappa shape index (κ1) is 13.0. The van der Waals surface area contributed by atoms with Crippen molar-refractivity contribution in [2.24, 2.45) is 5.92 Å². The van der Waals surface area contributed by atoms with Gasteiger partial charge in [0.2, 0.25) is 0 Å². The maximum atomic E-state index is 13.1. The van der Waals surface area contributed by atoms with Gasteiger partial charge in [-0.1, -0.05) is 6.07 Å². The summed E-state index contributed by atoms with van der Waals surface area (Å²) in [5, 5.41) is 12.2. The van der Waals surface area contributed by atoms with E-state index in [0.29, 0.717) is 18.0 Å². The number of aryl methyl sites for hydroxylation is 1. The second-order valence-electron chi connectivity index (χ2n) is 5.00. The molecule has 0 heterocycles. The lowest BCUT2D eigenvalue weighted by atomic mass is 10.1. The fourth-order valence-electron chi connectivity index (χ4n) is 2.41. The van der Waals surface area contributed by atoms with Crippen LogP contribution in [0.25, 0.3) is 0 Å². The highest BCUT2D eigenvalue weighted by Crippen LogP contribution is 2.24. The monoisotopic (exact) mass is 251 g/mol. The quantitative estimate of drug-likeness (QED) is 0.863. The zero-order valence-corrected chi connectivity index (χ0v) is 10.4. The van der Waals surface area contributed by atoms with E-state index in [4.69, 9.17) is 0 Å². The van der Waals surface area contributed by atoms with Gasteiger partial charge in [-0.25, -0.2) is 4.39 Å². The van der Waals surface area contributed by atoms with Crippen LogP contribution in [-0.2, 0) is 0 Å². The number of aliphatic hydroxyl groups excluding tert-OH is 1. The average molecular weight is 251 g/mol. The number of halogens is 1. The van der Waals surface area contributed by atoms with Gasteiger partial charge in [0.1, 0.15) is 5.82 Å². The summed E-state index contributed by atoms with van der Waals surface area (Å²) >= 11 is 0. The summed E-state index contributed by atoms with van der Waals surface area (Å²) in [6.07, 6.45) is 2.24. The Hall–Kier alpha value is -1.42. The van der Waals surface area contributed by atoms with E-state index in [-0.39, 0.29) is 12.0 Å². The second-order valence-corrected chi connectivity index (χ2v) is 5.00. The van der Waals surface area contributed by atoms with Gasteiger partial charge in [0.05, 0.1) is 6.10 Å². The van der Waals surface area contributed by atoms with Gasteiger partial charge in [0, 0.05) is 12.1 Å². The molecule has 0 radical (unpaired) electrons. The van der Waals surface area contributed by atoms with Gasteiger partial charge in [-0.15, -0.1) is 0 Å². The highest BCUT2D eigenvalue weighted by Gasteiger charge is 2.23. The average Bonchev–Trinajstić information content (AvgIpc) is 2.75. The number of carbonyl (C=O) groups excluding carboxylic acids is 1. The molecule has 0 spiro atoms. The highest BCUT2D eigenvalue weighted by atomic mass is 19.1. The van der Waals surface area contributed by atoms with Gasteiger partial charge in [-0.2, -0.15) is 0 Å². The van der Waals surface area contributed by atoms with E-state index >= 15 is 0 Å². The summed E-state index contributed by atoms with van der Waals surface area (Å²) in [5.41, 5.74) is 1.15. The number of rotatable bonds is 3. The molecule has 1 aliphatic rings. The molecule has 0 aromatic heterocycles. The molecule has 3 nitrogen and oxygen atoms in total. The van der Waals surface area contributed by atoms with Crippen LogP contribution in [0.4, 0.5) is 4.39 Å². The lowest BCUT2D eigenvalue weighted by molar-refractivity contribution is 0.0944. The maximum absolute atomic E-state index is 13.1. The van der Waals surface area contributed by atoms with Crippen LogP contribution in [0.1, 0.15) is 35.2 Å². The van der Waals surface area contributed by atoms with E-state index < -0.39 is 5.82 Å². The minimum atomic E-state index is -0.401. The fraction of sp³-hybridized carbons (Fsp3) is 0.500. The van der Waals surface area contributed by atoms with Gasteiger partial charge >= 0.3 is 0 Å². The van der Waals surface area contributed by atoms with Crippen molar-refractivity contribution in [3.05, 3.63) is 35.1 Å². The Morgan fingerprint density at radius 3 is 2.94 bits per heavy atom. The van der Waals surface area contributed by atoms with Crippen LogP contribution in [0.5, 0.6) is 0 Å². The Morgan fingerprint density at radius 1 is 1.50 bits per heavy atom. The third-order valence-corrected chi connectivity index (χ3v) is 3.51. The van der Waals surface area contributed by atoms with Crippen LogP contribution in [0.15, 0.2) is 18.2 Å². The molecule has 1 aromatic rings. The molecule has 0 aliphatic heterocycles. The Kier molecular flexibility index (Phi) is 3.97. The number of benzene rings is 1. The van der Waals surface area contributed by atoms with Gasteiger partial charge in [0.25, 0.3) is 5.91 Å². The number of hydrogen-bond donors (Lipinski definition) is 2. The molecule has 98 valence electrons. The Balaban J connectivity index is 1.93. The van der Waals surface area contributed by atoms with Gasteiger partial charge < -0.3 is 10.4 Å². The van der Waals surface area contributed by atoms with Crippen molar-refractivity contribution in [3.63, 3.8) is 0 Å². The molecular weight excluding hydrogens is 233 g/mol. The molecule has 2 N–H and O–H groups in total. The molecule has 1 fully saturated rings. The minimum Gasteiger partial charge on any atom is -0.393 e. The maximum Gasteiger partial charge on any atom is 0.251 e. The standard InChI is InChI=1S/C14H18FNO2/c1-9-2-4-11(15)7-13(9)14(18)16-8-10-3-5-12(17)6-10/h2,4,7,10,12,17H,3,5-6,8H2,1H3,(H,16,18). The molecule has 1 amide bonds. The zero-order valence-electron chi connectivity index (χ0n) is 10.4. The molecule has 1 aliphatic carbocycles. The summed E-state index contributed by atoms with van der Waals surface area (Å²) in [4.78, 5) is 11.9. The first-order valence-electron chi connectivity index (χ1n) is 6.28. The van der Waals surface area contributed by atoms with Crippen LogP contribution in [0.2, 0.25) is 0 Å². The number of hydrogen-bond acceptors (Lipinski definition) is 2. The first-order valence-corrected chi connectivity index (χ1v) is 6.28.